The standard InChI is InChI=1S/C26H28ClN3O3S/c1-16-22(17(2)33-30-16)15-34-24-11-7-6-10-20(24)25(31)29-19-12-13-23(27)21(14-19)26(32)28-18-8-4-3-5-9-18/h6-7,10-14,18H,3-5,8-9,15H2,1-2H3,(H,28,32)(H,29,31). The van der Waals surface area contributed by atoms with E-state index in [2.05, 4.69) is 15.8 Å². The highest BCUT2D eigenvalue weighted by molar-refractivity contribution is 7.98. The lowest BCUT2D eigenvalue weighted by Crippen LogP contribution is -2.36. The molecule has 3 aromatic rings. The highest BCUT2D eigenvalue weighted by Crippen LogP contribution is 2.30. The van der Waals surface area contributed by atoms with E-state index in [0.29, 0.717) is 27.6 Å². The number of carbonyl (C=O) groups is 2. The number of hydrogen-bond donors (Lipinski definition) is 2. The highest BCUT2D eigenvalue weighted by atomic mass is 35.5. The molecular formula is C26H28ClN3O3S. The topological polar surface area (TPSA) is 84.2 Å². The number of rotatable bonds is 7. The smallest absolute Gasteiger partial charge is 0.256 e. The van der Waals surface area contributed by atoms with Crippen molar-refractivity contribution in [2.45, 2.75) is 62.6 Å². The molecule has 4 rings (SSSR count). The van der Waals surface area contributed by atoms with Crippen LogP contribution < -0.4 is 10.6 Å². The predicted octanol–water partition coefficient (Wildman–Crippen LogP) is 6.55. The van der Waals surface area contributed by atoms with Gasteiger partial charge >= 0.3 is 0 Å². The van der Waals surface area contributed by atoms with Crippen LogP contribution in [0.4, 0.5) is 5.69 Å². The molecule has 1 aliphatic rings. The van der Waals surface area contributed by atoms with Crippen LogP contribution >= 0.6 is 23.4 Å². The van der Waals surface area contributed by atoms with Crippen molar-refractivity contribution in [1.29, 1.82) is 0 Å². The van der Waals surface area contributed by atoms with Crippen molar-refractivity contribution in [3.8, 4) is 0 Å². The van der Waals surface area contributed by atoms with Crippen LogP contribution in [-0.2, 0) is 5.75 Å². The molecule has 0 aliphatic heterocycles. The van der Waals surface area contributed by atoms with Gasteiger partial charge in [0.2, 0.25) is 0 Å². The van der Waals surface area contributed by atoms with Gasteiger partial charge in [0.1, 0.15) is 5.76 Å². The fourth-order valence-electron chi connectivity index (χ4n) is 4.12. The van der Waals surface area contributed by atoms with E-state index < -0.39 is 0 Å². The van der Waals surface area contributed by atoms with Gasteiger partial charge in [0.15, 0.2) is 0 Å². The van der Waals surface area contributed by atoms with E-state index in [1.54, 1.807) is 36.0 Å². The first-order valence-corrected chi connectivity index (χ1v) is 12.8. The molecule has 0 bridgehead atoms. The number of amides is 2. The molecule has 0 radical (unpaired) electrons. The normalized spacial score (nSPS) is 14.1. The van der Waals surface area contributed by atoms with E-state index in [0.717, 1.165) is 47.6 Å². The Bertz CT molecular complexity index is 1170. The minimum absolute atomic E-state index is 0.178. The molecule has 0 atom stereocenters. The summed E-state index contributed by atoms with van der Waals surface area (Å²) in [7, 11) is 0. The molecule has 1 heterocycles. The quantitative estimate of drug-likeness (QED) is 0.361. The minimum atomic E-state index is -0.247. The van der Waals surface area contributed by atoms with E-state index in [4.69, 9.17) is 16.1 Å². The highest BCUT2D eigenvalue weighted by Gasteiger charge is 2.20. The number of carbonyl (C=O) groups excluding carboxylic acids is 2. The van der Waals surface area contributed by atoms with Gasteiger partial charge in [-0.3, -0.25) is 9.59 Å². The van der Waals surface area contributed by atoms with Gasteiger partial charge < -0.3 is 15.2 Å². The number of aromatic nitrogens is 1. The largest absolute Gasteiger partial charge is 0.361 e. The number of thioether (sulfide) groups is 1. The van der Waals surface area contributed by atoms with Crippen LogP contribution in [0.5, 0.6) is 0 Å². The maximum atomic E-state index is 13.1. The van der Waals surface area contributed by atoms with Gasteiger partial charge in [-0.1, -0.05) is 48.2 Å². The molecular weight excluding hydrogens is 470 g/mol. The summed E-state index contributed by atoms with van der Waals surface area (Å²) in [6.07, 6.45) is 5.45. The Morgan fingerprint density at radius 1 is 1.06 bits per heavy atom. The molecule has 2 amide bonds. The number of aryl methyl sites for hydroxylation is 2. The summed E-state index contributed by atoms with van der Waals surface area (Å²) >= 11 is 7.87. The lowest BCUT2D eigenvalue weighted by molar-refractivity contribution is 0.0926. The first-order chi connectivity index (χ1) is 16.4. The van der Waals surface area contributed by atoms with Crippen LogP contribution in [0.15, 0.2) is 51.9 Å². The summed E-state index contributed by atoms with van der Waals surface area (Å²) in [5.41, 5.74) is 3.33. The third kappa shape index (κ3) is 5.83. The third-order valence-electron chi connectivity index (χ3n) is 6.09. The minimum Gasteiger partial charge on any atom is -0.361 e. The molecule has 0 spiro atoms. The molecule has 0 unspecified atom stereocenters. The van der Waals surface area contributed by atoms with E-state index in [9.17, 15) is 9.59 Å². The van der Waals surface area contributed by atoms with Gasteiger partial charge in [-0.05, 0) is 57.0 Å². The van der Waals surface area contributed by atoms with Crippen LogP contribution in [0.25, 0.3) is 0 Å². The number of halogens is 1. The molecule has 1 aliphatic carbocycles. The maximum Gasteiger partial charge on any atom is 0.256 e. The van der Waals surface area contributed by atoms with Crippen LogP contribution in [0, 0.1) is 13.8 Å². The molecule has 0 saturated heterocycles. The number of nitrogens with zero attached hydrogens (tertiary/aromatic N) is 1. The fraction of sp³-hybridized carbons (Fsp3) is 0.346. The number of benzene rings is 2. The zero-order chi connectivity index (χ0) is 24.1. The van der Waals surface area contributed by atoms with E-state index >= 15 is 0 Å². The van der Waals surface area contributed by atoms with E-state index in [-0.39, 0.29) is 17.9 Å². The second kappa shape index (κ2) is 11.1. The lowest BCUT2D eigenvalue weighted by Gasteiger charge is -2.23. The van der Waals surface area contributed by atoms with Crippen molar-refractivity contribution >= 4 is 40.9 Å². The lowest BCUT2D eigenvalue weighted by atomic mass is 9.95. The van der Waals surface area contributed by atoms with Crippen LogP contribution in [0.3, 0.4) is 0 Å². The maximum absolute atomic E-state index is 13.1. The molecule has 1 saturated carbocycles. The van der Waals surface area contributed by atoms with Crippen LogP contribution in [0.2, 0.25) is 5.02 Å². The summed E-state index contributed by atoms with van der Waals surface area (Å²) in [6, 6.07) is 12.6. The van der Waals surface area contributed by atoms with Crippen molar-refractivity contribution in [3.05, 3.63) is 75.6 Å². The second-order valence-corrected chi connectivity index (χ2v) is 9.97. The van der Waals surface area contributed by atoms with Gasteiger partial charge in [0.05, 0.1) is 21.8 Å². The Hall–Kier alpha value is -2.77. The Morgan fingerprint density at radius 2 is 1.82 bits per heavy atom. The Balaban J connectivity index is 1.46. The van der Waals surface area contributed by atoms with Gasteiger partial charge in [-0.15, -0.1) is 11.8 Å². The average molecular weight is 498 g/mol. The fourth-order valence-corrected chi connectivity index (χ4v) is 5.53. The molecule has 34 heavy (non-hydrogen) atoms. The number of nitrogens with one attached hydrogen (secondary N) is 2. The Morgan fingerprint density at radius 3 is 2.56 bits per heavy atom. The molecule has 1 aromatic heterocycles. The molecule has 178 valence electrons. The molecule has 1 fully saturated rings. The zero-order valence-electron chi connectivity index (χ0n) is 19.3. The first-order valence-electron chi connectivity index (χ1n) is 11.5. The summed E-state index contributed by atoms with van der Waals surface area (Å²) in [5.74, 6) is 0.983. The SMILES string of the molecule is Cc1noc(C)c1CSc1ccccc1C(=O)Nc1ccc(Cl)c(C(=O)NC2CCCCC2)c1. The van der Waals surface area contributed by atoms with Crippen LogP contribution in [0.1, 0.15) is 69.8 Å². The van der Waals surface area contributed by atoms with Crippen molar-refractivity contribution in [3.63, 3.8) is 0 Å². The van der Waals surface area contributed by atoms with E-state index in [1.165, 1.54) is 6.42 Å². The monoisotopic (exact) mass is 497 g/mol. The first kappa shape index (κ1) is 24.4. The van der Waals surface area contributed by atoms with Crippen molar-refractivity contribution in [2.75, 3.05) is 5.32 Å². The molecule has 2 N–H and O–H groups in total. The summed E-state index contributed by atoms with van der Waals surface area (Å²) in [4.78, 5) is 26.8. The third-order valence-corrected chi connectivity index (χ3v) is 7.52. The molecule has 2 aromatic carbocycles. The van der Waals surface area contributed by atoms with Gasteiger partial charge in [-0.2, -0.15) is 0 Å². The second-order valence-electron chi connectivity index (χ2n) is 8.54. The van der Waals surface area contributed by atoms with Gasteiger partial charge in [0.25, 0.3) is 11.8 Å². The van der Waals surface area contributed by atoms with Crippen molar-refractivity contribution in [1.82, 2.24) is 10.5 Å². The molecule has 6 nitrogen and oxygen atoms in total. The van der Waals surface area contributed by atoms with Gasteiger partial charge in [0, 0.05) is 27.9 Å². The average Bonchev–Trinajstić information content (AvgIpc) is 3.16. The van der Waals surface area contributed by atoms with Crippen LogP contribution in [-0.4, -0.2) is 23.0 Å². The summed E-state index contributed by atoms with van der Waals surface area (Å²) < 4.78 is 5.24. The summed E-state index contributed by atoms with van der Waals surface area (Å²) in [5, 5.41) is 10.4. The zero-order valence-corrected chi connectivity index (χ0v) is 20.9. The predicted molar refractivity (Wildman–Crippen MR) is 136 cm³/mol. The summed E-state index contributed by atoms with van der Waals surface area (Å²) in [6.45, 7) is 3.80. The van der Waals surface area contributed by atoms with Crippen molar-refractivity contribution < 1.29 is 14.1 Å². The van der Waals surface area contributed by atoms with Gasteiger partial charge in [-0.25, -0.2) is 0 Å². The Labute approximate surface area is 208 Å². The van der Waals surface area contributed by atoms with E-state index in [1.807, 2.05) is 32.0 Å². The number of hydrogen-bond acceptors (Lipinski definition) is 5. The van der Waals surface area contributed by atoms with Crippen molar-refractivity contribution in [2.24, 2.45) is 0 Å². The number of anilines is 1. The Kier molecular flexibility index (Phi) is 7.95. The molecule has 8 heteroatoms.